The number of benzene rings is 1. The Morgan fingerprint density at radius 1 is 1.18 bits per heavy atom. The first kappa shape index (κ1) is 30.2. The average molecular weight is 565 g/mol. The zero-order valence-electron chi connectivity index (χ0n) is 21.7. The molecule has 0 spiro atoms. The van der Waals surface area contributed by atoms with E-state index >= 15 is 0 Å². The minimum absolute atomic E-state index is 0.0436. The van der Waals surface area contributed by atoms with E-state index in [-0.39, 0.29) is 17.9 Å². The third-order valence-electron chi connectivity index (χ3n) is 6.37. The van der Waals surface area contributed by atoms with Gasteiger partial charge in [0.25, 0.3) is 0 Å². The van der Waals surface area contributed by atoms with Crippen molar-refractivity contribution < 1.29 is 33.0 Å². The van der Waals surface area contributed by atoms with Gasteiger partial charge in [-0.2, -0.15) is 13.2 Å². The SMILES string of the molecule is Cc1nc([C@@H](C)C(=O)Nc2ccc(C[C@@H]3CC[C@H]([C@H](O)c4cccnc4)N3)cc2)c(C)s1.O=C(O)C(F)(F)F. The Morgan fingerprint density at radius 2 is 1.85 bits per heavy atom. The second kappa shape index (κ2) is 13.1. The molecule has 4 rings (SSSR count). The van der Waals surface area contributed by atoms with Crippen LogP contribution in [-0.2, 0) is 16.0 Å². The Morgan fingerprint density at radius 3 is 2.38 bits per heavy atom. The number of thiazole rings is 1. The summed E-state index contributed by atoms with van der Waals surface area (Å²) in [7, 11) is 0. The minimum atomic E-state index is -5.08. The molecule has 0 bridgehead atoms. The summed E-state index contributed by atoms with van der Waals surface area (Å²) in [5.74, 6) is -3.09. The monoisotopic (exact) mass is 564 g/mol. The second-order valence-corrected chi connectivity index (χ2v) is 10.8. The highest BCUT2D eigenvalue weighted by atomic mass is 32.1. The Labute approximate surface area is 228 Å². The smallest absolute Gasteiger partial charge is 0.475 e. The molecule has 0 unspecified atom stereocenters. The molecule has 0 aliphatic carbocycles. The molecule has 210 valence electrons. The number of aryl methyl sites for hydroxylation is 2. The van der Waals surface area contributed by atoms with Crippen LogP contribution in [0.1, 0.15) is 58.5 Å². The molecule has 1 aliphatic rings. The Kier molecular flexibility index (Phi) is 10.2. The lowest BCUT2D eigenvalue weighted by Gasteiger charge is -2.20. The molecule has 0 radical (unpaired) electrons. The topological polar surface area (TPSA) is 124 Å². The molecule has 4 atom stereocenters. The molecule has 0 saturated carbocycles. The molecule has 1 fully saturated rings. The molecule has 1 aliphatic heterocycles. The molecule has 1 amide bonds. The maximum atomic E-state index is 12.7. The number of aliphatic carboxylic acids is 1. The van der Waals surface area contributed by atoms with Crippen LogP contribution in [0.3, 0.4) is 0 Å². The zero-order chi connectivity index (χ0) is 28.7. The number of pyridine rings is 1. The first-order chi connectivity index (χ1) is 18.3. The van der Waals surface area contributed by atoms with Gasteiger partial charge >= 0.3 is 12.1 Å². The maximum absolute atomic E-state index is 12.7. The van der Waals surface area contributed by atoms with Gasteiger partial charge in [-0.25, -0.2) is 9.78 Å². The lowest BCUT2D eigenvalue weighted by molar-refractivity contribution is -0.192. The summed E-state index contributed by atoms with van der Waals surface area (Å²) in [6, 6.07) is 12.2. The molecule has 1 aromatic carbocycles. The number of aliphatic hydroxyl groups is 1. The van der Waals surface area contributed by atoms with E-state index in [0.29, 0.717) is 6.04 Å². The van der Waals surface area contributed by atoms with Crippen molar-refractivity contribution in [3.8, 4) is 0 Å². The van der Waals surface area contributed by atoms with E-state index < -0.39 is 18.2 Å². The number of carbonyl (C=O) groups excluding carboxylic acids is 1. The van der Waals surface area contributed by atoms with Crippen molar-refractivity contribution in [2.24, 2.45) is 0 Å². The summed E-state index contributed by atoms with van der Waals surface area (Å²) < 4.78 is 31.7. The minimum Gasteiger partial charge on any atom is -0.475 e. The summed E-state index contributed by atoms with van der Waals surface area (Å²) in [6.45, 7) is 5.87. The fraction of sp³-hybridized carbons (Fsp3) is 0.407. The van der Waals surface area contributed by atoms with Gasteiger partial charge in [-0.05, 0) is 63.8 Å². The zero-order valence-corrected chi connectivity index (χ0v) is 22.5. The highest BCUT2D eigenvalue weighted by Gasteiger charge is 2.38. The molecule has 1 saturated heterocycles. The van der Waals surface area contributed by atoms with Crippen LogP contribution >= 0.6 is 11.3 Å². The van der Waals surface area contributed by atoms with Gasteiger partial charge in [0.1, 0.15) is 0 Å². The number of carboxylic acids is 1. The molecular weight excluding hydrogens is 533 g/mol. The van der Waals surface area contributed by atoms with Gasteiger partial charge in [0.2, 0.25) is 5.91 Å². The number of aromatic nitrogens is 2. The molecule has 3 heterocycles. The van der Waals surface area contributed by atoms with Crippen LogP contribution in [0.2, 0.25) is 0 Å². The van der Waals surface area contributed by atoms with Crippen molar-refractivity contribution in [3.05, 3.63) is 75.5 Å². The maximum Gasteiger partial charge on any atom is 0.490 e. The molecule has 3 aromatic rings. The first-order valence-electron chi connectivity index (χ1n) is 12.3. The Bertz CT molecular complexity index is 1250. The van der Waals surface area contributed by atoms with Gasteiger partial charge in [0, 0.05) is 40.6 Å². The van der Waals surface area contributed by atoms with Crippen molar-refractivity contribution in [3.63, 3.8) is 0 Å². The highest BCUT2D eigenvalue weighted by molar-refractivity contribution is 7.11. The second-order valence-electron chi connectivity index (χ2n) is 9.37. The van der Waals surface area contributed by atoms with E-state index in [2.05, 4.69) is 32.7 Å². The number of anilines is 1. The van der Waals surface area contributed by atoms with Gasteiger partial charge in [0.15, 0.2) is 0 Å². The van der Waals surface area contributed by atoms with Crippen molar-refractivity contribution in [1.82, 2.24) is 15.3 Å². The number of alkyl halides is 3. The number of halogens is 3. The van der Waals surface area contributed by atoms with Crippen LogP contribution < -0.4 is 10.6 Å². The standard InChI is InChI=1S/C25H30N4O2S.C2HF3O2/c1-15(23-16(2)32-17(3)27-23)25(31)29-20-8-6-18(7-9-20)13-21-10-11-22(28-21)24(30)19-5-4-12-26-14-19;3-2(4,5)1(6)7/h4-9,12,14-15,21-22,24,28,30H,10-11,13H2,1-3H3,(H,29,31);(H,6,7)/t15-,21+,22-,24-;/m1./s1. The summed E-state index contributed by atoms with van der Waals surface area (Å²) in [5, 5.41) is 25.3. The average Bonchev–Trinajstić information content (AvgIpc) is 3.50. The normalized spacial score (nSPS) is 18.5. The molecule has 4 N–H and O–H groups in total. The fourth-order valence-electron chi connectivity index (χ4n) is 4.37. The summed E-state index contributed by atoms with van der Waals surface area (Å²) in [6.07, 6.45) is 0.655. The molecule has 39 heavy (non-hydrogen) atoms. The Balaban J connectivity index is 0.000000532. The van der Waals surface area contributed by atoms with Gasteiger partial charge in [-0.1, -0.05) is 18.2 Å². The van der Waals surface area contributed by atoms with Gasteiger partial charge in [0.05, 0.1) is 22.7 Å². The lowest BCUT2D eigenvalue weighted by Crippen LogP contribution is -2.35. The molecule has 2 aromatic heterocycles. The number of carbonyl (C=O) groups is 2. The molecule has 8 nitrogen and oxygen atoms in total. The van der Waals surface area contributed by atoms with E-state index in [1.807, 2.05) is 45.0 Å². The molecule has 12 heteroatoms. The van der Waals surface area contributed by atoms with E-state index in [1.54, 1.807) is 23.7 Å². The van der Waals surface area contributed by atoms with E-state index in [4.69, 9.17) is 9.90 Å². The Hall–Kier alpha value is -3.35. The van der Waals surface area contributed by atoms with Crippen LogP contribution in [-0.4, -0.2) is 50.3 Å². The summed E-state index contributed by atoms with van der Waals surface area (Å²) >= 11 is 1.62. The van der Waals surface area contributed by atoms with Crippen molar-refractivity contribution in [1.29, 1.82) is 0 Å². The number of carboxylic acid groups (broad SMARTS) is 1. The quantitative estimate of drug-likeness (QED) is 0.321. The van der Waals surface area contributed by atoms with Gasteiger partial charge in [-0.3, -0.25) is 9.78 Å². The number of nitrogens with zero attached hydrogens (tertiary/aromatic N) is 2. The van der Waals surface area contributed by atoms with E-state index in [0.717, 1.165) is 46.1 Å². The third kappa shape index (κ3) is 8.57. The van der Waals surface area contributed by atoms with Crippen LogP contribution in [0, 0.1) is 13.8 Å². The van der Waals surface area contributed by atoms with Crippen molar-refractivity contribution >= 4 is 28.9 Å². The number of aliphatic hydroxyl groups excluding tert-OH is 1. The number of amides is 1. The number of nitrogens with one attached hydrogen (secondary N) is 2. The number of hydrogen-bond donors (Lipinski definition) is 4. The summed E-state index contributed by atoms with van der Waals surface area (Å²) in [5.41, 5.74) is 3.70. The van der Waals surface area contributed by atoms with Crippen LogP contribution in [0.4, 0.5) is 18.9 Å². The lowest BCUT2D eigenvalue weighted by atomic mass is 10.0. The highest BCUT2D eigenvalue weighted by Crippen LogP contribution is 2.27. The summed E-state index contributed by atoms with van der Waals surface area (Å²) in [4.78, 5) is 31.3. The predicted octanol–water partition coefficient (Wildman–Crippen LogP) is 4.93. The van der Waals surface area contributed by atoms with Crippen LogP contribution in [0.5, 0.6) is 0 Å². The number of hydrogen-bond acceptors (Lipinski definition) is 7. The fourth-order valence-corrected chi connectivity index (χ4v) is 5.29. The van der Waals surface area contributed by atoms with Gasteiger partial charge < -0.3 is 20.8 Å². The first-order valence-corrected chi connectivity index (χ1v) is 13.1. The van der Waals surface area contributed by atoms with Crippen molar-refractivity contribution in [2.45, 2.75) is 70.3 Å². The number of rotatable bonds is 7. The van der Waals surface area contributed by atoms with Crippen LogP contribution in [0.25, 0.3) is 0 Å². The molecular formula is C27H31F3N4O4S. The van der Waals surface area contributed by atoms with E-state index in [9.17, 15) is 23.1 Å². The van der Waals surface area contributed by atoms with Crippen LogP contribution in [0.15, 0.2) is 48.8 Å². The third-order valence-corrected chi connectivity index (χ3v) is 7.27. The van der Waals surface area contributed by atoms with Gasteiger partial charge in [-0.15, -0.1) is 11.3 Å². The van der Waals surface area contributed by atoms with Crippen molar-refractivity contribution in [2.75, 3.05) is 5.32 Å². The van der Waals surface area contributed by atoms with E-state index in [1.165, 1.54) is 5.56 Å². The predicted molar refractivity (Wildman–Crippen MR) is 142 cm³/mol. The largest absolute Gasteiger partial charge is 0.490 e.